The maximum Gasteiger partial charge on any atom is 0.254 e. The molecule has 5 nitrogen and oxygen atoms in total. The van der Waals surface area contributed by atoms with Crippen LogP contribution in [0.3, 0.4) is 0 Å². The first-order valence-electron chi connectivity index (χ1n) is 2.82. The SMILES string of the molecule is O=C1NN=CC2=NN=CC12. The minimum absolute atomic E-state index is 0.164. The van der Waals surface area contributed by atoms with Gasteiger partial charge >= 0.3 is 0 Å². The quantitative estimate of drug-likeness (QED) is 0.463. The third-order valence-electron chi connectivity index (χ3n) is 1.36. The van der Waals surface area contributed by atoms with Crippen LogP contribution in [-0.4, -0.2) is 24.0 Å². The van der Waals surface area contributed by atoms with Crippen molar-refractivity contribution in [1.82, 2.24) is 5.43 Å². The maximum atomic E-state index is 10.9. The molecule has 1 unspecified atom stereocenters. The van der Waals surface area contributed by atoms with Crippen molar-refractivity contribution in [3.05, 3.63) is 0 Å². The Balaban J connectivity index is 2.41. The van der Waals surface area contributed by atoms with Crippen LogP contribution in [0, 0.1) is 5.92 Å². The molecule has 2 rings (SSSR count). The summed E-state index contributed by atoms with van der Waals surface area (Å²) in [5, 5.41) is 10.8. The second kappa shape index (κ2) is 1.73. The molecule has 0 radical (unpaired) electrons. The fourth-order valence-electron chi connectivity index (χ4n) is 0.845. The van der Waals surface area contributed by atoms with Crippen LogP contribution < -0.4 is 5.43 Å². The number of carbonyl (C=O) groups excluding carboxylic acids is 1. The van der Waals surface area contributed by atoms with Crippen LogP contribution in [-0.2, 0) is 4.79 Å². The summed E-state index contributed by atoms with van der Waals surface area (Å²) in [6.07, 6.45) is 2.99. The van der Waals surface area contributed by atoms with Gasteiger partial charge in [0, 0.05) is 6.21 Å². The lowest BCUT2D eigenvalue weighted by Gasteiger charge is -2.08. The average Bonchev–Trinajstić information content (AvgIpc) is 2.36. The molecule has 0 aromatic rings. The van der Waals surface area contributed by atoms with Gasteiger partial charge in [0.25, 0.3) is 5.91 Å². The van der Waals surface area contributed by atoms with E-state index in [1.54, 1.807) is 0 Å². The second-order valence-electron chi connectivity index (χ2n) is 2.00. The molecule has 10 heavy (non-hydrogen) atoms. The molecule has 5 heteroatoms. The van der Waals surface area contributed by atoms with Gasteiger partial charge in [-0.2, -0.15) is 15.3 Å². The van der Waals surface area contributed by atoms with Crippen molar-refractivity contribution < 1.29 is 4.79 Å². The van der Waals surface area contributed by atoms with Crippen molar-refractivity contribution in [2.45, 2.75) is 0 Å². The van der Waals surface area contributed by atoms with Gasteiger partial charge in [0.2, 0.25) is 0 Å². The Bertz CT molecular complexity index is 265. The number of rotatable bonds is 0. The van der Waals surface area contributed by atoms with E-state index in [-0.39, 0.29) is 11.8 Å². The van der Waals surface area contributed by atoms with E-state index in [4.69, 9.17) is 0 Å². The summed E-state index contributed by atoms with van der Waals surface area (Å²) >= 11 is 0. The number of hydrazone groups is 1. The van der Waals surface area contributed by atoms with Crippen LogP contribution in [0.2, 0.25) is 0 Å². The molecule has 0 bridgehead atoms. The molecule has 0 saturated carbocycles. The van der Waals surface area contributed by atoms with Gasteiger partial charge < -0.3 is 0 Å². The highest BCUT2D eigenvalue weighted by Crippen LogP contribution is 2.06. The van der Waals surface area contributed by atoms with Gasteiger partial charge in [0.15, 0.2) is 0 Å². The average molecular weight is 136 g/mol. The number of nitrogens with one attached hydrogen (secondary N) is 1. The van der Waals surface area contributed by atoms with E-state index in [1.165, 1.54) is 12.4 Å². The van der Waals surface area contributed by atoms with E-state index >= 15 is 0 Å². The molecule has 50 valence electrons. The predicted molar refractivity (Wildman–Crippen MR) is 36.1 cm³/mol. The van der Waals surface area contributed by atoms with Gasteiger partial charge in [-0.3, -0.25) is 4.79 Å². The van der Waals surface area contributed by atoms with E-state index in [1.807, 2.05) is 0 Å². The van der Waals surface area contributed by atoms with E-state index in [9.17, 15) is 4.79 Å². The molecule has 2 aliphatic heterocycles. The molecule has 2 heterocycles. The number of hydrogen-bond acceptors (Lipinski definition) is 4. The minimum Gasteiger partial charge on any atom is -0.272 e. The lowest BCUT2D eigenvalue weighted by Crippen LogP contribution is -2.37. The molecule has 1 atom stereocenters. The molecule has 0 aliphatic carbocycles. The Labute approximate surface area is 56.5 Å². The first-order valence-corrected chi connectivity index (χ1v) is 2.82. The third kappa shape index (κ3) is 0.570. The second-order valence-corrected chi connectivity index (χ2v) is 2.00. The zero-order chi connectivity index (χ0) is 6.97. The van der Waals surface area contributed by atoms with Crippen molar-refractivity contribution in [3.63, 3.8) is 0 Å². The van der Waals surface area contributed by atoms with Crippen molar-refractivity contribution in [1.29, 1.82) is 0 Å². The topological polar surface area (TPSA) is 66.2 Å². The molecular formula is C5H4N4O. The molecule has 0 spiro atoms. The van der Waals surface area contributed by atoms with Crippen molar-refractivity contribution in [2.75, 3.05) is 0 Å². The van der Waals surface area contributed by atoms with Crippen LogP contribution >= 0.6 is 0 Å². The molecule has 0 aromatic heterocycles. The number of fused-ring (bicyclic) bond motifs is 1. The van der Waals surface area contributed by atoms with Gasteiger partial charge in [-0.25, -0.2) is 5.43 Å². The van der Waals surface area contributed by atoms with E-state index in [2.05, 4.69) is 20.7 Å². The van der Waals surface area contributed by atoms with Gasteiger partial charge in [0.1, 0.15) is 11.6 Å². The molecule has 0 fully saturated rings. The normalized spacial score (nSPS) is 27.8. The van der Waals surface area contributed by atoms with Gasteiger partial charge in [-0.05, 0) is 0 Å². The summed E-state index contributed by atoms with van der Waals surface area (Å²) in [5.74, 6) is -0.472. The molecule has 0 saturated heterocycles. The third-order valence-corrected chi connectivity index (χ3v) is 1.36. The monoisotopic (exact) mass is 136 g/mol. The molecule has 1 amide bonds. The van der Waals surface area contributed by atoms with Gasteiger partial charge in [0.05, 0.1) is 6.21 Å². The largest absolute Gasteiger partial charge is 0.272 e. The fourth-order valence-corrected chi connectivity index (χ4v) is 0.845. The summed E-state index contributed by atoms with van der Waals surface area (Å²) in [7, 11) is 0. The van der Waals surface area contributed by atoms with E-state index in [0.29, 0.717) is 5.71 Å². The van der Waals surface area contributed by atoms with E-state index in [0.717, 1.165) is 0 Å². The lowest BCUT2D eigenvalue weighted by atomic mass is 10.1. The first kappa shape index (κ1) is 5.28. The van der Waals surface area contributed by atoms with Crippen molar-refractivity contribution in [3.8, 4) is 0 Å². The highest BCUT2D eigenvalue weighted by molar-refractivity contribution is 6.42. The van der Waals surface area contributed by atoms with Crippen LogP contribution in [0.1, 0.15) is 0 Å². The molecule has 1 N–H and O–H groups in total. The highest BCUT2D eigenvalue weighted by Gasteiger charge is 2.27. The Morgan fingerprint density at radius 3 is 3.30 bits per heavy atom. The van der Waals surface area contributed by atoms with E-state index < -0.39 is 0 Å². The number of hydrogen-bond donors (Lipinski definition) is 1. The molecular weight excluding hydrogens is 132 g/mol. The fraction of sp³-hybridized carbons (Fsp3) is 0.200. The Morgan fingerprint density at radius 1 is 1.60 bits per heavy atom. The van der Waals surface area contributed by atoms with Gasteiger partial charge in [-0.15, -0.1) is 0 Å². The Kier molecular flexibility index (Phi) is 0.913. The number of carbonyl (C=O) groups is 1. The number of nitrogens with zero attached hydrogens (tertiary/aromatic N) is 3. The molecule has 0 aromatic carbocycles. The summed E-state index contributed by atoms with van der Waals surface area (Å²) in [5.41, 5.74) is 2.93. The molecule has 2 aliphatic rings. The smallest absolute Gasteiger partial charge is 0.254 e. The van der Waals surface area contributed by atoms with Crippen LogP contribution in [0.15, 0.2) is 15.3 Å². The van der Waals surface area contributed by atoms with Gasteiger partial charge in [-0.1, -0.05) is 0 Å². The Morgan fingerprint density at radius 2 is 2.50 bits per heavy atom. The standard InChI is InChI=1S/C5H4N4O/c10-5-3-1-6-8-4(3)2-7-9-5/h1-3H,(H,9,10). The maximum absolute atomic E-state index is 10.9. The summed E-state index contributed by atoms with van der Waals surface area (Å²) in [6, 6.07) is 0. The van der Waals surface area contributed by atoms with Crippen LogP contribution in [0.5, 0.6) is 0 Å². The van der Waals surface area contributed by atoms with Crippen LogP contribution in [0.4, 0.5) is 0 Å². The predicted octanol–water partition coefficient (Wildman–Crippen LogP) is -0.841. The highest BCUT2D eigenvalue weighted by atomic mass is 16.2. The van der Waals surface area contributed by atoms with Crippen LogP contribution in [0.25, 0.3) is 0 Å². The summed E-state index contributed by atoms with van der Waals surface area (Å²) < 4.78 is 0. The lowest BCUT2D eigenvalue weighted by molar-refractivity contribution is -0.121. The number of amides is 1. The minimum atomic E-state index is -0.308. The van der Waals surface area contributed by atoms with Crippen molar-refractivity contribution in [2.24, 2.45) is 21.2 Å². The summed E-state index contributed by atoms with van der Waals surface area (Å²) in [4.78, 5) is 10.9. The summed E-state index contributed by atoms with van der Waals surface area (Å²) in [6.45, 7) is 0. The van der Waals surface area contributed by atoms with Crippen molar-refractivity contribution >= 4 is 24.0 Å². The first-order chi connectivity index (χ1) is 4.88. The Hall–Kier alpha value is -1.52. The zero-order valence-electron chi connectivity index (χ0n) is 4.98. The zero-order valence-corrected chi connectivity index (χ0v) is 4.98.